The zero-order valence-corrected chi connectivity index (χ0v) is 18.3. The fraction of sp³-hybridized carbons (Fsp3) is 0.0833. The Balaban J connectivity index is 1.43. The molecule has 0 fully saturated rings. The molecule has 4 rings (SSSR count). The van der Waals surface area contributed by atoms with Crippen LogP contribution >= 0.6 is 11.3 Å². The molecule has 4 aromatic rings. The average Bonchev–Trinajstić information content (AvgIpc) is 3.28. The maximum Gasteiger partial charge on any atom is 0.257 e. The number of amides is 2. The first-order valence-electron chi connectivity index (χ1n) is 9.79. The Kier molecular flexibility index (Phi) is 6.23. The van der Waals surface area contributed by atoms with E-state index in [-0.39, 0.29) is 11.8 Å². The second-order valence-electron chi connectivity index (χ2n) is 7.00. The van der Waals surface area contributed by atoms with Crippen molar-refractivity contribution in [2.75, 3.05) is 17.7 Å². The van der Waals surface area contributed by atoms with E-state index in [0.29, 0.717) is 27.0 Å². The molecule has 3 aromatic carbocycles. The number of hydrogen-bond acceptors (Lipinski definition) is 6. The van der Waals surface area contributed by atoms with Crippen molar-refractivity contribution in [3.8, 4) is 16.3 Å². The molecule has 0 aliphatic carbocycles. The van der Waals surface area contributed by atoms with E-state index < -0.39 is 0 Å². The van der Waals surface area contributed by atoms with Gasteiger partial charge in [-0.1, -0.05) is 35.1 Å². The molecule has 1 heterocycles. The van der Waals surface area contributed by atoms with Crippen molar-refractivity contribution < 1.29 is 14.3 Å². The third kappa shape index (κ3) is 4.98. The summed E-state index contributed by atoms with van der Waals surface area (Å²) in [5.41, 5.74) is 3.43. The van der Waals surface area contributed by atoms with Crippen molar-refractivity contribution in [2.24, 2.45) is 0 Å². The Morgan fingerprint density at radius 2 is 1.56 bits per heavy atom. The first kappa shape index (κ1) is 21.2. The fourth-order valence-corrected chi connectivity index (χ4v) is 3.68. The topological polar surface area (TPSA) is 93.2 Å². The third-order valence-electron chi connectivity index (χ3n) is 4.68. The summed E-state index contributed by atoms with van der Waals surface area (Å²) in [5.74, 6) is 0.172. The molecule has 8 heteroatoms. The van der Waals surface area contributed by atoms with E-state index >= 15 is 0 Å². The van der Waals surface area contributed by atoms with Crippen molar-refractivity contribution in [3.63, 3.8) is 0 Å². The highest BCUT2D eigenvalue weighted by molar-refractivity contribution is 7.18. The van der Waals surface area contributed by atoms with Crippen LogP contribution in [0.15, 0.2) is 72.8 Å². The van der Waals surface area contributed by atoms with Crippen LogP contribution in [0, 0.1) is 6.92 Å². The number of nitrogens with one attached hydrogen (secondary N) is 2. The van der Waals surface area contributed by atoms with Gasteiger partial charge in [0, 0.05) is 22.4 Å². The Bertz CT molecular complexity index is 1250. The summed E-state index contributed by atoms with van der Waals surface area (Å²) in [5, 5.41) is 14.8. The summed E-state index contributed by atoms with van der Waals surface area (Å²) in [6, 6.07) is 21.4. The minimum atomic E-state index is -0.339. The van der Waals surface area contributed by atoms with Crippen LogP contribution in [0.2, 0.25) is 0 Å². The zero-order valence-electron chi connectivity index (χ0n) is 17.5. The van der Waals surface area contributed by atoms with E-state index in [1.165, 1.54) is 11.3 Å². The lowest BCUT2D eigenvalue weighted by Gasteiger charge is -2.07. The van der Waals surface area contributed by atoms with Crippen LogP contribution in [0.4, 0.5) is 10.8 Å². The van der Waals surface area contributed by atoms with Crippen molar-refractivity contribution in [2.45, 2.75) is 6.92 Å². The number of methoxy groups -OCH3 is 1. The first-order valence-corrected chi connectivity index (χ1v) is 10.6. The second-order valence-corrected chi connectivity index (χ2v) is 7.97. The molecule has 2 N–H and O–H groups in total. The fourth-order valence-electron chi connectivity index (χ4n) is 2.94. The van der Waals surface area contributed by atoms with E-state index in [4.69, 9.17) is 4.74 Å². The van der Waals surface area contributed by atoms with Crippen molar-refractivity contribution in [3.05, 3.63) is 89.5 Å². The smallest absolute Gasteiger partial charge is 0.257 e. The number of carbonyl (C=O) groups excluding carboxylic acids is 2. The van der Waals surface area contributed by atoms with Crippen LogP contribution in [-0.4, -0.2) is 29.1 Å². The normalized spacial score (nSPS) is 10.4. The predicted octanol–water partition coefficient (Wildman–Crippen LogP) is 5.03. The Hall–Kier alpha value is -4.04. The third-order valence-corrected chi connectivity index (χ3v) is 5.57. The molecule has 0 saturated heterocycles. The summed E-state index contributed by atoms with van der Waals surface area (Å²) in [6.45, 7) is 1.96. The number of anilines is 2. The number of benzene rings is 3. The molecule has 0 saturated carbocycles. The highest BCUT2D eigenvalue weighted by Crippen LogP contribution is 2.28. The summed E-state index contributed by atoms with van der Waals surface area (Å²) >= 11 is 1.27. The van der Waals surface area contributed by atoms with Gasteiger partial charge < -0.3 is 10.1 Å². The number of ether oxygens (including phenoxy) is 1. The Morgan fingerprint density at radius 1 is 0.844 bits per heavy atom. The van der Waals surface area contributed by atoms with Crippen LogP contribution in [0.3, 0.4) is 0 Å². The van der Waals surface area contributed by atoms with Crippen LogP contribution in [0.5, 0.6) is 5.75 Å². The second kappa shape index (κ2) is 9.40. The highest BCUT2D eigenvalue weighted by atomic mass is 32.1. The predicted molar refractivity (Wildman–Crippen MR) is 125 cm³/mol. The maximum atomic E-state index is 12.7. The van der Waals surface area contributed by atoms with Gasteiger partial charge in [0.15, 0.2) is 0 Å². The maximum absolute atomic E-state index is 12.7. The summed E-state index contributed by atoms with van der Waals surface area (Å²) in [4.78, 5) is 25.1. The molecule has 0 atom stereocenters. The van der Waals surface area contributed by atoms with Gasteiger partial charge in [-0.25, -0.2) is 0 Å². The van der Waals surface area contributed by atoms with Gasteiger partial charge in [-0.05, 0) is 61.5 Å². The minimum absolute atomic E-state index is 0.240. The minimum Gasteiger partial charge on any atom is -0.497 e. The average molecular weight is 445 g/mol. The summed E-state index contributed by atoms with van der Waals surface area (Å²) < 4.78 is 5.16. The summed E-state index contributed by atoms with van der Waals surface area (Å²) in [6.07, 6.45) is 0. The van der Waals surface area contributed by atoms with Crippen LogP contribution < -0.4 is 15.4 Å². The number of aromatic nitrogens is 2. The van der Waals surface area contributed by atoms with Gasteiger partial charge in [-0.15, -0.1) is 10.2 Å². The molecule has 0 unspecified atom stereocenters. The molecule has 1 aromatic heterocycles. The van der Waals surface area contributed by atoms with Gasteiger partial charge in [-0.2, -0.15) is 0 Å². The first-order chi connectivity index (χ1) is 15.5. The van der Waals surface area contributed by atoms with Gasteiger partial charge >= 0.3 is 0 Å². The van der Waals surface area contributed by atoms with Gasteiger partial charge in [-0.3, -0.25) is 14.9 Å². The molecule has 2 amide bonds. The van der Waals surface area contributed by atoms with Gasteiger partial charge in [0.1, 0.15) is 10.8 Å². The monoisotopic (exact) mass is 444 g/mol. The Labute approximate surface area is 189 Å². The lowest BCUT2D eigenvalue weighted by atomic mass is 10.1. The molecular formula is C24H20N4O3S. The van der Waals surface area contributed by atoms with Gasteiger partial charge in [0.2, 0.25) is 5.13 Å². The largest absolute Gasteiger partial charge is 0.497 e. The van der Waals surface area contributed by atoms with Gasteiger partial charge in [0.25, 0.3) is 11.8 Å². The van der Waals surface area contributed by atoms with Crippen molar-refractivity contribution in [1.82, 2.24) is 10.2 Å². The number of nitrogens with zero attached hydrogens (tertiary/aromatic N) is 2. The molecular weight excluding hydrogens is 424 g/mol. The molecule has 0 aliphatic heterocycles. The number of hydrogen-bond donors (Lipinski definition) is 2. The number of rotatable bonds is 6. The van der Waals surface area contributed by atoms with E-state index in [0.717, 1.165) is 16.9 Å². The summed E-state index contributed by atoms with van der Waals surface area (Å²) in [7, 11) is 1.61. The molecule has 0 bridgehead atoms. The van der Waals surface area contributed by atoms with Gasteiger partial charge in [0.05, 0.1) is 7.11 Å². The van der Waals surface area contributed by atoms with Crippen LogP contribution in [0.1, 0.15) is 26.3 Å². The molecule has 0 radical (unpaired) electrons. The van der Waals surface area contributed by atoms with E-state index in [1.54, 1.807) is 43.5 Å². The van der Waals surface area contributed by atoms with Crippen molar-refractivity contribution in [1.29, 1.82) is 0 Å². The number of aryl methyl sites for hydroxylation is 1. The van der Waals surface area contributed by atoms with E-state index in [1.807, 2.05) is 43.3 Å². The lowest BCUT2D eigenvalue weighted by Crippen LogP contribution is -2.14. The molecule has 160 valence electrons. The van der Waals surface area contributed by atoms with E-state index in [2.05, 4.69) is 20.8 Å². The van der Waals surface area contributed by atoms with Crippen LogP contribution in [-0.2, 0) is 0 Å². The zero-order chi connectivity index (χ0) is 22.5. The molecule has 7 nitrogen and oxygen atoms in total. The van der Waals surface area contributed by atoms with Crippen molar-refractivity contribution >= 4 is 34.0 Å². The quantitative estimate of drug-likeness (QED) is 0.435. The molecule has 0 spiro atoms. The van der Waals surface area contributed by atoms with E-state index in [9.17, 15) is 9.59 Å². The lowest BCUT2D eigenvalue weighted by molar-refractivity contribution is 0.101. The molecule has 32 heavy (non-hydrogen) atoms. The Morgan fingerprint density at radius 3 is 2.28 bits per heavy atom. The number of carbonyl (C=O) groups is 2. The van der Waals surface area contributed by atoms with Crippen LogP contribution in [0.25, 0.3) is 10.6 Å². The standard InChI is InChI=1S/C24H20N4O3S/c1-15-6-8-16(9-7-15)21(29)25-19-5-3-4-18(14-19)22(30)26-24-28-27-23(32-24)17-10-12-20(31-2)13-11-17/h3-14H,1-2H3,(H,25,29)(H,26,28,30). The highest BCUT2D eigenvalue weighted by Gasteiger charge is 2.13. The SMILES string of the molecule is COc1ccc(-c2nnc(NC(=O)c3cccc(NC(=O)c4ccc(C)cc4)c3)s2)cc1. The molecule has 0 aliphatic rings.